The van der Waals surface area contributed by atoms with Crippen molar-refractivity contribution >= 4 is 11.0 Å². The molecule has 0 spiro atoms. The molecule has 2 N–H and O–H groups in total. The number of aromatic nitrogens is 2. The molecule has 0 saturated heterocycles. The lowest BCUT2D eigenvalue weighted by Crippen LogP contribution is -2.00. The van der Waals surface area contributed by atoms with Gasteiger partial charge in [-0.1, -0.05) is 32.9 Å². The van der Waals surface area contributed by atoms with E-state index in [-0.39, 0.29) is 5.69 Å². The average molecular weight is 204 g/mol. The molecule has 0 unspecified atom stereocenters. The lowest BCUT2D eigenvalue weighted by molar-refractivity contribution is 0.872. The normalized spacial score (nSPS) is 11.5. The van der Waals surface area contributed by atoms with E-state index in [0.29, 0.717) is 5.92 Å². The van der Waals surface area contributed by atoms with Crippen molar-refractivity contribution in [1.29, 1.82) is 0 Å². The summed E-state index contributed by atoms with van der Waals surface area (Å²) in [6.07, 6.45) is 0.933. The van der Waals surface area contributed by atoms with Crippen molar-refractivity contribution in [3.8, 4) is 0 Å². The molecule has 2 rings (SSSR count). The van der Waals surface area contributed by atoms with Crippen LogP contribution in [0.15, 0.2) is 16.9 Å². The third-order valence-corrected chi connectivity index (χ3v) is 2.80. The summed E-state index contributed by atoms with van der Waals surface area (Å²) in [5.41, 5.74) is 4.20. The van der Waals surface area contributed by atoms with Gasteiger partial charge in [-0.2, -0.15) is 0 Å². The quantitative estimate of drug-likeness (QED) is 0.776. The number of hydrogen-bond acceptors (Lipinski definition) is 1. The lowest BCUT2D eigenvalue weighted by atomic mass is 9.98. The molecular formula is C12H16N2O. The molecule has 1 aromatic carbocycles. The van der Waals surface area contributed by atoms with Gasteiger partial charge in [-0.3, -0.25) is 0 Å². The van der Waals surface area contributed by atoms with Gasteiger partial charge in [0.05, 0.1) is 11.0 Å². The number of imidazole rings is 1. The van der Waals surface area contributed by atoms with Gasteiger partial charge < -0.3 is 9.97 Å². The van der Waals surface area contributed by atoms with Crippen LogP contribution < -0.4 is 5.69 Å². The highest BCUT2D eigenvalue weighted by atomic mass is 16.1. The topological polar surface area (TPSA) is 48.6 Å². The van der Waals surface area contributed by atoms with Crippen molar-refractivity contribution in [3.05, 3.63) is 33.7 Å². The number of fused-ring (bicyclic) bond motifs is 1. The number of benzene rings is 1. The van der Waals surface area contributed by atoms with Gasteiger partial charge in [-0.05, 0) is 23.5 Å². The van der Waals surface area contributed by atoms with Gasteiger partial charge in [0, 0.05) is 0 Å². The highest BCUT2D eigenvalue weighted by Gasteiger charge is 2.10. The largest absolute Gasteiger partial charge is 0.323 e. The first-order valence-corrected chi connectivity index (χ1v) is 5.37. The van der Waals surface area contributed by atoms with Gasteiger partial charge in [0.1, 0.15) is 0 Å². The number of hydrogen-bond donors (Lipinski definition) is 2. The molecule has 80 valence electrons. The van der Waals surface area contributed by atoms with Crippen molar-refractivity contribution in [2.45, 2.75) is 33.1 Å². The van der Waals surface area contributed by atoms with Crippen molar-refractivity contribution in [3.63, 3.8) is 0 Å². The zero-order valence-electron chi connectivity index (χ0n) is 9.35. The SMILES string of the molecule is CCc1ccc(C(C)C)c2[nH]c(=O)[nH]c12. The molecule has 0 aliphatic carbocycles. The third-order valence-electron chi connectivity index (χ3n) is 2.80. The number of nitrogens with one attached hydrogen (secondary N) is 2. The molecular weight excluding hydrogens is 188 g/mol. The van der Waals surface area contributed by atoms with Crippen LogP contribution in [0.1, 0.15) is 37.8 Å². The summed E-state index contributed by atoms with van der Waals surface area (Å²) < 4.78 is 0. The summed E-state index contributed by atoms with van der Waals surface area (Å²) in [6.45, 7) is 6.35. The number of aryl methyl sites for hydroxylation is 1. The van der Waals surface area contributed by atoms with E-state index in [2.05, 4.69) is 42.9 Å². The molecule has 0 radical (unpaired) electrons. The molecule has 3 heteroatoms. The second kappa shape index (κ2) is 3.57. The summed E-state index contributed by atoms with van der Waals surface area (Å²) in [5.74, 6) is 0.421. The minimum Gasteiger partial charge on any atom is -0.305 e. The second-order valence-corrected chi connectivity index (χ2v) is 4.15. The first kappa shape index (κ1) is 10.0. The Hall–Kier alpha value is -1.51. The predicted molar refractivity (Wildman–Crippen MR) is 62.4 cm³/mol. The van der Waals surface area contributed by atoms with Crippen molar-refractivity contribution < 1.29 is 0 Å². The van der Waals surface area contributed by atoms with Gasteiger partial charge >= 0.3 is 5.69 Å². The predicted octanol–water partition coefficient (Wildman–Crippen LogP) is 2.54. The van der Waals surface area contributed by atoms with Gasteiger partial charge in [-0.15, -0.1) is 0 Å². The summed E-state index contributed by atoms with van der Waals surface area (Å²) in [4.78, 5) is 17.1. The minimum atomic E-state index is -0.118. The molecule has 1 aromatic heterocycles. The van der Waals surface area contributed by atoms with E-state index in [1.165, 1.54) is 11.1 Å². The molecule has 15 heavy (non-hydrogen) atoms. The van der Waals surface area contributed by atoms with Crippen LogP contribution in [0.4, 0.5) is 0 Å². The maximum absolute atomic E-state index is 11.3. The van der Waals surface area contributed by atoms with Crippen LogP contribution in [0.3, 0.4) is 0 Å². The van der Waals surface area contributed by atoms with Gasteiger partial charge in [-0.25, -0.2) is 4.79 Å². The number of rotatable bonds is 2. The lowest BCUT2D eigenvalue weighted by Gasteiger charge is -2.08. The summed E-state index contributed by atoms with van der Waals surface area (Å²) in [5, 5.41) is 0. The molecule has 0 aliphatic heterocycles. The van der Waals surface area contributed by atoms with Crippen molar-refractivity contribution in [2.24, 2.45) is 0 Å². The van der Waals surface area contributed by atoms with Crippen LogP contribution in [0, 0.1) is 0 Å². The standard InChI is InChI=1S/C12H16N2O/c1-4-8-5-6-9(7(2)3)11-10(8)13-12(15)14-11/h5-7H,4H2,1-3H3,(H2,13,14,15). The van der Waals surface area contributed by atoms with E-state index in [4.69, 9.17) is 0 Å². The van der Waals surface area contributed by atoms with Crippen LogP contribution in [0.25, 0.3) is 11.0 Å². The Morgan fingerprint density at radius 3 is 2.47 bits per heavy atom. The Morgan fingerprint density at radius 2 is 1.87 bits per heavy atom. The van der Waals surface area contributed by atoms with Crippen LogP contribution in [-0.4, -0.2) is 9.97 Å². The minimum absolute atomic E-state index is 0.118. The number of aromatic amines is 2. The van der Waals surface area contributed by atoms with Crippen LogP contribution >= 0.6 is 0 Å². The van der Waals surface area contributed by atoms with E-state index < -0.39 is 0 Å². The van der Waals surface area contributed by atoms with Gasteiger partial charge in [0.15, 0.2) is 0 Å². The average Bonchev–Trinajstić information content (AvgIpc) is 2.56. The molecule has 2 aromatic rings. The van der Waals surface area contributed by atoms with E-state index in [9.17, 15) is 4.79 Å². The first-order chi connectivity index (χ1) is 7.13. The maximum Gasteiger partial charge on any atom is 0.323 e. The van der Waals surface area contributed by atoms with Crippen molar-refractivity contribution in [1.82, 2.24) is 9.97 Å². The smallest absolute Gasteiger partial charge is 0.305 e. The van der Waals surface area contributed by atoms with E-state index in [0.717, 1.165) is 17.5 Å². The molecule has 0 atom stereocenters. The Kier molecular flexibility index (Phi) is 2.39. The molecule has 3 nitrogen and oxygen atoms in total. The molecule has 1 heterocycles. The zero-order valence-corrected chi connectivity index (χ0v) is 9.35. The fourth-order valence-electron chi connectivity index (χ4n) is 1.97. The maximum atomic E-state index is 11.3. The van der Waals surface area contributed by atoms with E-state index >= 15 is 0 Å². The Labute approximate surface area is 88.5 Å². The second-order valence-electron chi connectivity index (χ2n) is 4.15. The van der Waals surface area contributed by atoms with Crippen LogP contribution in [-0.2, 0) is 6.42 Å². The Bertz CT molecular complexity index is 534. The van der Waals surface area contributed by atoms with E-state index in [1.54, 1.807) is 0 Å². The summed E-state index contributed by atoms with van der Waals surface area (Å²) >= 11 is 0. The van der Waals surface area contributed by atoms with Gasteiger partial charge in [0.2, 0.25) is 0 Å². The molecule has 0 aliphatic rings. The molecule has 0 saturated carbocycles. The van der Waals surface area contributed by atoms with Gasteiger partial charge in [0.25, 0.3) is 0 Å². The highest BCUT2D eigenvalue weighted by molar-refractivity contribution is 5.82. The van der Waals surface area contributed by atoms with Crippen LogP contribution in [0.2, 0.25) is 0 Å². The van der Waals surface area contributed by atoms with Crippen LogP contribution in [0.5, 0.6) is 0 Å². The molecule has 0 bridgehead atoms. The summed E-state index contributed by atoms with van der Waals surface area (Å²) in [6, 6.07) is 4.21. The first-order valence-electron chi connectivity index (χ1n) is 5.37. The highest BCUT2D eigenvalue weighted by Crippen LogP contribution is 2.24. The Balaban J connectivity index is 2.82. The third kappa shape index (κ3) is 1.58. The zero-order chi connectivity index (χ0) is 11.0. The number of H-pyrrole nitrogens is 2. The summed E-state index contributed by atoms with van der Waals surface area (Å²) in [7, 11) is 0. The Morgan fingerprint density at radius 1 is 1.20 bits per heavy atom. The molecule has 0 amide bonds. The van der Waals surface area contributed by atoms with Crippen molar-refractivity contribution in [2.75, 3.05) is 0 Å². The fraction of sp³-hybridized carbons (Fsp3) is 0.417. The molecule has 0 fully saturated rings. The van der Waals surface area contributed by atoms with E-state index in [1.807, 2.05) is 0 Å². The monoisotopic (exact) mass is 204 g/mol. The fourth-order valence-corrected chi connectivity index (χ4v) is 1.97.